The molecule has 0 bridgehead atoms. The number of aliphatic carboxylic acids is 2. The number of carbonyl (C=O) groups is 5. The van der Waals surface area contributed by atoms with Crippen LogP contribution in [-0.2, 0) is 36.8 Å². The highest BCUT2D eigenvalue weighted by atomic mass is 16.4. The quantitative estimate of drug-likeness (QED) is 0.111. The average Bonchev–Trinajstić information content (AvgIpc) is 3.36. The second kappa shape index (κ2) is 14.8. The zero-order valence-electron chi connectivity index (χ0n) is 23.3. The molecule has 0 aliphatic rings. The van der Waals surface area contributed by atoms with Crippen LogP contribution in [0.25, 0.3) is 10.9 Å². The Labute approximate surface area is 246 Å². The Hall–Kier alpha value is -4.95. The van der Waals surface area contributed by atoms with E-state index in [0.717, 1.165) is 16.5 Å². The van der Waals surface area contributed by atoms with Crippen LogP contribution in [0.5, 0.6) is 5.75 Å². The zero-order chi connectivity index (χ0) is 31.7. The van der Waals surface area contributed by atoms with Crippen molar-refractivity contribution < 1.29 is 44.4 Å². The summed E-state index contributed by atoms with van der Waals surface area (Å²) < 4.78 is 0. The van der Waals surface area contributed by atoms with E-state index in [4.69, 9.17) is 5.73 Å². The van der Waals surface area contributed by atoms with Crippen molar-refractivity contribution >= 4 is 40.6 Å². The van der Waals surface area contributed by atoms with Gasteiger partial charge in [-0.25, -0.2) is 4.79 Å². The first kappa shape index (κ1) is 32.6. The maximum Gasteiger partial charge on any atom is 0.328 e. The Kier molecular flexibility index (Phi) is 11.2. The smallest absolute Gasteiger partial charge is 0.328 e. The molecule has 14 nitrogen and oxygen atoms in total. The Bertz CT molecular complexity index is 1450. The number of carboxylic acids is 2. The standard InChI is InChI=1S/C29H35N5O9/c1-15(35)25(29(42)43)34-28(41)23(12-16-6-8-18(36)9-7-16)33-27(40)22(10-11-24(37)38)32-26(39)20(30)13-17-14-31-21-5-3-2-4-19(17)21/h2-9,14-15,20,22-23,25,31,35-36H,10-13,30H2,1H3,(H,32,39)(H,33,40)(H,34,41)(H,37,38)(H,42,43). The average molecular weight is 598 g/mol. The van der Waals surface area contributed by atoms with Crippen molar-refractivity contribution in [3.05, 3.63) is 65.9 Å². The number of aliphatic hydroxyl groups excluding tert-OH is 1. The van der Waals surface area contributed by atoms with Crippen LogP contribution >= 0.6 is 0 Å². The van der Waals surface area contributed by atoms with Crippen LogP contribution in [0.1, 0.15) is 30.9 Å². The normalized spacial score (nSPS) is 14.6. The molecule has 0 radical (unpaired) electrons. The van der Waals surface area contributed by atoms with Crippen LogP contribution in [0.15, 0.2) is 54.7 Å². The van der Waals surface area contributed by atoms with Crippen LogP contribution in [0, 0.1) is 0 Å². The summed E-state index contributed by atoms with van der Waals surface area (Å²) in [6.45, 7) is 1.17. The third-order valence-corrected chi connectivity index (χ3v) is 6.79. The van der Waals surface area contributed by atoms with E-state index >= 15 is 0 Å². The number of aromatic hydroxyl groups is 1. The fraction of sp³-hybridized carbons (Fsp3) is 0.345. The number of aromatic nitrogens is 1. The molecule has 10 N–H and O–H groups in total. The Morgan fingerprint density at radius 3 is 2.12 bits per heavy atom. The lowest BCUT2D eigenvalue weighted by molar-refractivity contribution is -0.145. The summed E-state index contributed by atoms with van der Waals surface area (Å²) >= 11 is 0. The zero-order valence-corrected chi connectivity index (χ0v) is 23.3. The van der Waals surface area contributed by atoms with Gasteiger partial charge in [0.25, 0.3) is 0 Å². The SMILES string of the molecule is CC(O)C(NC(=O)C(Cc1ccc(O)cc1)NC(=O)C(CCC(=O)O)NC(=O)C(N)Cc1c[nH]c2ccccc12)C(=O)O. The number of aliphatic hydroxyl groups is 1. The molecule has 2 aromatic carbocycles. The number of hydrogen-bond acceptors (Lipinski definition) is 8. The molecule has 3 amide bonds. The molecule has 0 spiro atoms. The summed E-state index contributed by atoms with van der Waals surface area (Å²) in [5.41, 5.74) is 8.24. The summed E-state index contributed by atoms with van der Waals surface area (Å²) in [5, 5.41) is 46.0. The topological polar surface area (TPSA) is 244 Å². The third kappa shape index (κ3) is 9.28. The number of H-pyrrole nitrogens is 1. The van der Waals surface area contributed by atoms with E-state index in [2.05, 4.69) is 20.9 Å². The van der Waals surface area contributed by atoms with Crippen LogP contribution in [-0.4, -0.2) is 85.3 Å². The van der Waals surface area contributed by atoms with Crippen molar-refractivity contribution in [2.24, 2.45) is 5.73 Å². The molecule has 1 heterocycles. The van der Waals surface area contributed by atoms with Crippen molar-refractivity contribution in [3.63, 3.8) is 0 Å². The van der Waals surface area contributed by atoms with Crippen molar-refractivity contribution in [2.45, 2.75) is 62.9 Å². The number of carboxylic acid groups (broad SMARTS) is 2. The predicted molar refractivity (Wildman–Crippen MR) is 154 cm³/mol. The van der Waals surface area contributed by atoms with E-state index in [1.165, 1.54) is 31.2 Å². The highest BCUT2D eigenvalue weighted by Gasteiger charge is 2.32. The monoisotopic (exact) mass is 597 g/mol. The fourth-order valence-electron chi connectivity index (χ4n) is 4.44. The Balaban J connectivity index is 1.79. The number of rotatable bonds is 15. The summed E-state index contributed by atoms with van der Waals surface area (Å²) in [4.78, 5) is 65.4. The number of hydrogen-bond donors (Lipinski definition) is 9. The van der Waals surface area contributed by atoms with Gasteiger partial charge in [0.05, 0.1) is 12.1 Å². The number of aromatic amines is 1. The molecule has 5 atom stereocenters. The molecule has 3 aromatic rings. The van der Waals surface area contributed by atoms with Gasteiger partial charge < -0.3 is 47.1 Å². The van der Waals surface area contributed by atoms with Gasteiger partial charge in [-0.1, -0.05) is 30.3 Å². The van der Waals surface area contributed by atoms with Gasteiger partial charge in [0.15, 0.2) is 6.04 Å². The van der Waals surface area contributed by atoms with Crippen LogP contribution in [0.2, 0.25) is 0 Å². The number of nitrogens with two attached hydrogens (primary N) is 1. The summed E-state index contributed by atoms with van der Waals surface area (Å²) in [6.07, 6.45) is -0.613. The van der Waals surface area contributed by atoms with Gasteiger partial charge in [0, 0.05) is 29.9 Å². The predicted octanol–water partition coefficient (Wildman–Crippen LogP) is -0.229. The molecule has 0 fully saturated rings. The van der Waals surface area contributed by atoms with Gasteiger partial charge >= 0.3 is 11.9 Å². The second-order valence-corrected chi connectivity index (χ2v) is 10.2. The minimum Gasteiger partial charge on any atom is -0.508 e. The molecule has 0 saturated heterocycles. The number of phenols is 1. The number of phenolic OH excluding ortho intramolecular Hbond substituents is 1. The Morgan fingerprint density at radius 2 is 1.49 bits per heavy atom. The molecule has 230 valence electrons. The molecule has 0 aliphatic heterocycles. The van der Waals surface area contributed by atoms with Gasteiger partial charge in [-0.15, -0.1) is 0 Å². The van der Waals surface area contributed by atoms with E-state index in [9.17, 15) is 44.4 Å². The summed E-state index contributed by atoms with van der Waals surface area (Å²) in [7, 11) is 0. The summed E-state index contributed by atoms with van der Waals surface area (Å²) in [6, 6.07) is 7.50. The maximum atomic E-state index is 13.4. The first-order chi connectivity index (χ1) is 20.3. The van der Waals surface area contributed by atoms with E-state index in [1.54, 1.807) is 6.20 Å². The van der Waals surface area contributed by atoms with Gasteiger partial charge in [0.2, 0.25) is 17.7 Å². The van der Waals surface area contributed by atoms with E-state index in [1.807, 2.05) is 24.3 Å². The minimum absolute atomic E-state index is 0.0470. The van der Waals surface area contributed by atoms with Crippen LogP contribution in [0.4, 0.5) is 0 Å². The number of carbonyl (C=O) groups excluding carboxylic acids is 3. The van der Waals surface area contributed by atoms with E-state index < -0.39 is 66.4 Å². The van der Waals surface area contributed by atoms with Gasteiger partial charge in [-0.3, -0.25) is 19.2 Å². The molecule has 43 heavy (non-hydrogen) atoms. The molecular formula is C29H35N5O9. The second-order valence-electron chi connectivity index (χ2n) is 10.2. The van der Waals surface area contributed by atoms with Gasteiger partial charge in [0.1, 0.15) is 17.8 Å². The highest BCUT2D eigenvalue weighted by Crippen LogP contribution is 2.19. The van der Waals surface area contributed by atoms with E-state index in [0.29, 0.717) is 5.56 Å². The lowest BCUT2D eigenvalue weighted by Crippen LogP contribution is -2.59. The first-order valence-electron chi connectivity index (χ1n) is 13.5. The number of benzene rings is 2. The molecule has 0 saturated carbocycles. The lowest BCUT2D eigenvalue weighted by Gasteiger charge is -2.26. The van der Waals surface area contributed by atoms with Crippen molar-refractivity contribution in [1.82, 2.24) is 20.9 Å². The lowest BCUT2D eigenvalue weighted by atomic mass is 10.0. The molecule has 1 aromatic heterocycles. The largest absolute Gasteiger partial charge is 0.508 e. The number of amides is 3. The van der Waals surface area contributed by atoms with Crippen molar-refractivity contribution in [3.8, 4) is 5.75 Å². The molecule has 5 unspecified atom stereocenters. The minimum atomic E-state index is -1.68. The number of nitrogens with one attached hydrogen (secondary N) is 4. The van der Waals surface area contributed by atoms with Crippen molar-refractivity contribution in [1.29, 1.82) is 0 Å². The summed E-state index contributed by atoms with van der Waals surface area (Å²) in [5.74, 6) is -5.36. The Morgan fingerprint density at radius 1 is 0.860 bits per heavy atom. The van der Waals surface area contributed by atoms with E-state index in [-0.39, 0.29) is 25.0 Å². The number of para-hydroxylation sites is 1. The van der Waals surface area contributed by atoms with Crippen LogP contribution in [0.3, 0.4) is 0 Å². The third-order valence-electron chi connectivity index (χ3n) is 6.79. The maximum absolute atomic E-state index is 13.4. The molecule has 14 heteroatoms. The van der Waals surface area contributed by atoms with Gasteiger partial charge in [-0.05, 0) is 49.1 Å². The molecular weight excluding hydrogens is 562 g/mol. The highest BCUT2D eigenvalue weighted by molar-refractivity contribution is 5.95. The fourth-order valence-corrected chi connectivity index (χ4v) is 4.44. The van der Waals surface area contributed by atoms with Crippen LogP contribution < -0.4 is 21.7 Å². The molecule has 0 aliphatic carbocycles. The van der Waals surface area contributed by atoms with Crippen molar-refractivity contribution in [2.75, 3.05) is 0 Å². The first-order valence-corrected chi connectivity index (χ1v) is 13.5. The van der Waals surface area contributed by atoms with Gasteiger partial charge in [-0.2, -0.15) is 0 Å². The molecule has 3 rings (SSSR count). The number of fused-ring (bicyclic) bond motifs is 1.